The van der Waals surface area contributed by atoms with Crippen molar-refractivity contribution in [1.82, 2.24) is 15.0 Å². The van der Waals surface area contributed by atoms with Crippen LogP contribution in [0.25, 0.3) is 0 Å². The minimum absolute atomic E-state index is 0.615. The molecule has 96 valence electrons. The summed E-state index contributed by atoms with van der Waals surface area (Å²) in [6.45, 7) is 0. The van der Waals surface area contributed by atoms with Crippen LogP contribution in [0.3, 0.4) is 0 Å². The summed E-state index contributed by atoms with van der Waals surface area (Å²) >= 11 is 0. The van der Waals surface area contributed by atoms with Crippen molar-refractivity contribution in [2.24, 2.45) is 0 Å². The molecule has 0 saturated heterocycles. The highest BCUT2D eigenvalue weighted by Gasteiger charge is 1.99. The van der Waals surface area contributed by atoms with Gasteiger partial charge in [-0.3, -0.25) is 0 Å². The predicted octanol–water partition coefficient (Wildman–Crippen LogP) is -2.11. The molecule has 12 nitrogen and oxygen atoms in total. The first-order valence-electron chi connectivity index (χ1n) is 3.99. The second-order valence-electron chi connectivity index (χ2n) is 2.40. The van der Waals surface area contributed by atoms with Crippen LogP contribution in [0.5, 0.6) is 18.0 Å². The van der Waals surface area contributed by atoms with Gasteiger partial charge in [0.1, 0.15) is 0 Å². The quantitative estimate of drug-likeness (QED) is 0.304. The average Bonchev–Trinajstić information content (AvgIpc) is 2.12. The van der Waals surface area contributed by atoms with E-state index in [0.29, 0.717) is 0 Å². The number of rotatable bonds is 0. The zero-order chi connectivity index (χ0) is 13.7. The van der Waals surface area contributed by atoms with Crippen LogP contribution in [0, 0.1) is 16.2 Å². The first kappa shape index (κ1) is 12.9. The molecule has 2 rings (SSSR count). The van der Waals surface area contributed by atoms with Gasteiger partial charge in [0, 0.05) is 0 Å². The monoisotopic (exact) mass is 258 g/mol. The Balaban J connectivity index is 0.000000180. The van der Waals surface area contributed by atoms with Gasteiger partial charge >= 0.3 is 35.3 Å². The molecule has 2 aromatic rings. The molecule has 0 radical (unpaired) electrons. The van der Waals surface area contributed by atoms with Crippen molar-refractivity contribution in [3.63, 3.8) is 0 Å². The Morgan fingerprint density at radius 3 is 1.06 bits per heavy atom. The highest BCUT2D eigenvalue weighted by Crippen LogP contribution is 2.08. The Kier molecular flexibility index (Phi) is 3.75. The maximum atomic E-state index is 8.41. The van der Waals surface area contributed by atoms with E-state index in [1.165, 1.54) is 0 Å². The van der Waals surface area contributed by atoms with Gasteiger partial charge in [-0.2, -0.15) is 0 Å². The molecule has 0 saturated carbocycles. The molecule has 0 spiro atoms. The van der Waals surface area contributed by atoms with Gasteiger partial charge in [-0.1, -0.05) is 0 Å². The molecule has 0 amide bonds. The van der Waals surface area contributed by atoms with Crippen LogP contribution >= 0.6 is 0 Å². The van der Waals surface area contributed by atoms with E-state index in [1.807, 2.05) is 0 Å². The van der Waals surface area contributed by atoms with E-state index in [4.69, 9.17) is 31.5 Å². The molecule has 0 aliphatic heterocycles. The summed E-state index contributed by atoms with van der Waals surface area (Å²) in [5.74, 6) is -1.84. The molecule has 0 aliphatic rings. The molecular weight excluding hydrogens is 252 g/mol. The minimum atomic E-state index is -0.708. The van der Waals surface area contributed by atoms with Crippen LogP contribution in [0.1, 0.15) is 0 Å². The van der Waals surface area contributed by atoms with Crippen molar-refractivity contribution in [1.29, 1.82) is 16.2 Å². The van der Waals surface area contributed by atoms with Crippen LogP contribution in [-0.4, -0.2) is 30.3 Å². The van der Waals surface area contributed by atoms with Gasteiger partial charge in [0.2, 0.25) is 0 Å². The molecule has 12 heteroatoms. The summed E-state index contributed by atoms with van der Waals surface area (Å²) < 4.78 is 12.4. The molecule has 0 atom stereocenters. The topological polar surface area (TPSA) is 210 Å². The van der Waals surface area contributed by atoms with Crippen LogP contribution in [-0.2, 0) is 0 Å². The van der Waals surface area contributed by atoms with Crippen molar-refractivity contribution < 1.29 is 28.6 Å². The fraction of sp³-hybridized carbons (Fsp3) is 0. The van der Waals surface area contributed by atoms with E-state index in [1.54, 1.807) is 0 Å². The third-order valence-electron chi connectivity index (χ3n) is 1.16. The standard InChI is InChI=1S/2C3H3N3O3/c4-1-7-2(5)9-3(6)8-1;7-1-4-2(8)6-3(9)5-1/h4-6H;(H3,4,5,6,7,8,9). The van der Waals surface area contributed by atoms with Crippen molar-refractivity contribution in [2.45, 2.75) is 0 Å². The van der Waals surface area contributed by atoms with Gasteiger partial charge in [0.25, 0.3) is 0 Å². The molecule has 0 bridgehead atoms. The number of aromatic hydroxyl groups is 3. The SMILES string of the molecule is N=c1oc(=N)oc(=N)o1.Oc1nc(O)nc(O)n1. The highest BCUT2D eigenvalue weighted by molar-refractivity contribution is 5.04. The largest absolute Gasteiger partial charge is 0.479 e. The molecule has 2 heterocycles. The summed E-state index contributed by atoms with van der Waals surface area (Å²) in [5, 5.41) is 45.2. The maximum Gasteiger partial charge on any atom is 0.398 e. The molecule has 0 fully saturated rings. The highest BCUT2D eigenvalue weighted by atomic mass is 16.6. The predicted molar refractivity (Wildman–Crippen MR) is 45.6 cm³/mol. The Morgan fingerprint density at radius 1 is 0.611 bits per heavy atom. The molecule has 18 heavy (non-hydrogen) atoms. The lowest BCUT2D eigenvalue weighted by Crippen LogP contribution is -2.18. The second-order valence-corrected chi connectivity index (χ2v) is 2.40. The van der Waals surface area contributed by atoms with Crippen LogP contribution in [0.4, 0.5) is 0 Å². The van der Waals surface area contributed by atoms with E-state index < -0.39 is 35.3 Å². The summed E-state index contributed by atoms with van der Waals surface area (Å²) in [4.78, 5) is 8.89. The van der Waals surface area contributed by atoms with E-state index in [-0.39, 0.29) is 0 Å². The number of aromatic nitrogens is 3. The van der Waals surface area contributed by atoms with Crippen LogP contribution in [0.2, 0.25) is 0 Å². The third kappa shape index (κ3) is 4.13. The lowest BCUT2D eigenvalue weighted by Gasteiger charge is -1.90. The summed E-state index contributed by atoms with van der Waals surface area (Å²) in [5.41, 5.74) is 0. The third-order valence-corrected chi connectivity index (χ3v) is 1.16. The van der Waals surface area contributed by atoms with Gasteiger partial charge in [-0.15, -0.1) is 15.0 Å². The Labute approximate surface area is 96.0 Å². The van der Waals surface area contributed by atoms with E-state index in [9.17, 15) is 0 Å². The molecular formula is C6H6N6O6. The number of nitrogens with one attached hydrogen (secondary N) is 3. The fourth-order valence-electron chi connectivity index (χ4n) is 0.658. The normalized spacial score (nSPS) is 9.33. The second kappa shape index (κ2) is 5.24. The molecule has 6 N–H and O–H groups in total. The van der Waals surface area contributed by atoms with Gasteiger partial charge in [-0.25, -0.2) is 16.2 Å². The summed E-state index contributed by atoms with van der Waals surface area (Å²) in [6, 6.07) is -2.12. The summed E-state index contributed by atoms with van der Waals surface area (Å²) in [7, 11) is 0. The van der Waals surface area contributed by atoms with Gasteiger partial charge < -0.3 is 28.6 Å². The zero-order valence-corrected chi connectivity index (χ0v) is 8.41. The minimum Gasteiger partial charge on any atom is -0.479 e. The van der Waals surface area contributed by atoms with E-state index in [0.717, 1.165) is 0 Å². The first-order valence-corrected chi connectivity index (χ1v) is 3.99. The van der Waals surface area contributed by atoms with Gasteiger partial charge in [0.15, 0.2) is 0 Å². The van der Waals surface area contributed by atoms with Crippen LogP contribution < -0.4 is 17.3 Å². The molecule has 0 unspecified atom stereocenters. The van der Waals surface area contributed by atoms with Crippen LogP contribution in [0.15, 0.2) is 13.3 Å². The molecule has 0 aromatic carbocycles. The lowest BCUT2D eigenvalue weighted by atomic mass is 10.9. The van der Waals surface area contributed by atoms with Gasteiger partial charge in [0.05, 0.1) is 0 Å². The maximum absolute atomic E-state index is 8.41. The van der Waals surface area contributed by atoms with Gasteiger partial charge in [-0.05, 0) is 0 Å². The smallest absolute Gasteiger partial charge is 0.398 e. The van der Waals surface area contributed by atoms with E-state index in [2.05, 4.69) is 28.2 Å². The number of hydrogen-bond acceptors (Lipinski definition) is 12. The molecule has 0 aliphatic carbocycles. The Bertz CT molecular complexity index is 571. The summed E-state index contributed by atoms with van der Waals surface area (Å²) in [6.07, 6.45) is 0. The van der Waals surface area contributed by atoms with Crippen molar-refractivity contribution in [3.05, 3.63) is 17.3 Å². The zero-order valence-electron chi connectivity index (χ0n) is 8.41. The molecule has 2 aromatic heterocycles. The number of hydrogen-bond donors (Lipinski definition) is 6. The average molecular weight is 258 g/mol. The first-order chi connectivity index (χ1) is 8.36. The van der Waals surface area contributed by atoms with Crippen molar-refractivity contribution in [3.8, 4) is 18.0 Å². The fourth-order valence-corrected chi connectivity index (χ4v) is 0.658. The van der Waals surface area contributed by atoms with E-state index >= 15 is 0 Å². The Hall–Kier alpha value is -3.18. The number of nitrogens with zero attached hydrogens (tertiary/aromatic N) is 3. The lowest BCUT2D eigenvalue weighted by molar-refractivity contribution is 0.105. The Morgan fingerprint density at radius 2 is 0.833 bits per heavy atom. The van der Waals surface area contributed by atoms with Crippen molar-refractivity contribution >= 4 is 0 Å². The van der Waals surface area contributed by atoms with Crippen molar-refractivity contribution in [2.75, 3.05) is 0 Å².